The highest BCUT2D eigenvalue weighted by molar-refractivity contribution is 5.95. The van der Waals surface area contributed by atoms with Crippen molar-refractivity contribution in [3.63, 3.8) is 0 Å². The lowest BCUT2D eigenvalue weighted by molar-refractivity contribution is -0.141. The summed E-state index contributed by atoms with van der Waals surface area (Å²) in [5, 5.41) is 15.4. The van der Waals surface area contributed by atoms with E-state index in [9.17, 15) is 14.7 Å². The third-order valence-corrected chi connectivity index (χ3v) is 5.29. The Kier molecular flexibility index (Phi) is 5.88. The van der Waals surface area contributed by atoms with Gasteiger partial charge in [0.25, 0.3) is 0 Å². The molecule has 5 N–H and O–H groups in total. The van der Waals surface area contributed by atoms with Crippen LogP contribution in [-0.2, 0) is 9.53 Å². The van der Waals surface area contributed by atoms with Gasteiger partial charge < -0.3 is 26.2 Å². The van der Waals surface area contributed by atoms with Gasteiger partial charge in [-0.15, -0.1) is 0 Å². The molecule has 1 aromatic rings. The molecular formula is C20H27N3O4. The minimum atomic E-state index is -0.695. The van der Waals surface area contributed by atoms with Gasteiger partial charge >= 0.3 is 12.0 Å². The van der Waals surface area contributed by atoms with Crippen molar-refractivity contribution in [1.29, 1.82) is 0 Å². The van der Waals surface area contributed by atoms with E-state index in [1.54, 1.807) is 12.1 Å². The number of carbonyl (C=O) groups is 2. The van der Waals surface area contributed by atoms with Crippen LogP contribution in [0.3, 0.4) is 0 Å². The van der Waals surface area contributed by atoms with Crippen LogP contribution in [0, 0.1) is 5.92 Å². The molecule has 0 saturated heterocycles. The molecule has 1 unspecified atom stereocenters. The molecule has 7 nitrogen and oxygen atoms in total. The molecule has 7 heteroatoms. The Balaban J connectivity index is 1.84. The summed E-state index contributed by atoms with van der Waals surface area (Å²) in [5.74, 6) is -0.127. The van der Waals surface area contributed by atoms with Gasteiger partial charge in [-0.2, -0.15) is 0 Å². The van der Waals surface area contributed by atoms with E-state index in [0.717, 1.165) is 12.8 Å². The van der Waals surface area contributed by atoms with E-state index in [1.807, 2.05) is 6.92 Å². The van der Waals surface area contributed by atoms with E-state index in [-0.39, 0.29) is 11.4 Å². The maximum atomic E-state index is 12.9. The normalized spacial score (nSPS) is 20.8. The average Bonchev–Trinajstić information content (AvgIpc) is 2.68. The second kappa shape index (κ2) is 8.33. The minimum Gasteiger partial charge on any atom is -0.506 e. The van der Waals surface area contributed by atoms with Gasteiger partial charge in [0.2, 0.25) is 0 Å². The number of aromatic hydroxyl groups is 1. The zero-order valence-electron chi connectivity index (χ0n) is 15.6. The number of amides is 2. The van der Waals surface area contributed by atoms with Gasteiger partial charge in [0.05, 0.1) is 23.9 Å². The summed E-state index contributed by atoms with van der Waals surface area (Å²) in [5.41, 5.74) is 7.39. The molecule has 1 atom stereocenters. The molecule has 0 aromatic heterocycles. The summed E-state index contributed by atoms with van der Waals surface area (Å²) in [4.78, 5) is 24.9. The number of urea groups is 1. The van der Waals surface area contributed by atoms with E-state index in [0.29, 0.717) is 35.8 Å². The molecule has 146 valence electrons. The van der Waals surface area contributed by atoms with Crippen LogP contribution < -0.4 is 16.4 Å². The molecule has 1 aromatic carbocycles. The van der Waals surface area contributed by atoms with E-state index in [1.165, 1.54) is 25.3 Å². The standard InChI is InChI=1S/C20H27N3O4/c1-2-15-17(19(25)27-11-12-6-4-3-5-7-12)18(23-20(26)22-15)13-8-9-14(21)16(24)10-13/h8-10,12,18,24H,2-7,11,21H2,1H3,(H2,22,23,26). The number of phenols is 1. The molecule has 2 aliphatic rings. The molecule has 0 bridgehead atoms. The number of nitrogens with two attached hydrogens (primary N) is 1. The number of benzene rings is 1. The third kappa shape index (κ3) is 4.35. The monoisotopic (exact) mass is 373 g/mol. The SMILES string of the molecule is CCC1=C(C(=O)OCC2CCCCC2)C(c2ccc(N)c(O)c2)NC(=O)N1. The van der Waals surface area contributed by atoms with Crippen molar-refractivity contribution >= 4 is 17.7 Å². The van der Waals surface area contributed by atoms with Gasteiger partial charge in [-0.1, -0.05) is 32.3 Å². The van der Waals surface area contributed by atoms with Crippen molar-refractivity contribution < 1.29 is 19.4 Å². The molecular weight excluding hydrogens is 346 g/mol. The van der Waals surface area contributed by atoms with Gasteiger partial charge in [0, 0.05) is 5.70 Å². The molecule has 2 amide bonds. The van der Waals surface area contributed by atoms with Crippen molar-refractivity contribution in [2.24, 2.45) is 5.92 Å². The van der Waals surface area contributed by atoms with Crippen molar-refractivity contribution in [1.82, 2.24) is 10.6 Å². The van der Waals surface area contributed by atoms with E-state index < -0.39 is 18.0 Å². The molecule has 1 aliphatic heterocycles. The maximum Gasteiger partial charge on any atom is 0.338 e. The number of rotatable bonds is 5. The van der Waals surface area contributed by atoms with Gasteiger partial charge in [-0.3, -0.25) is 0 Å². The van der Waals surface area contributed by atoms with Gasteiger partial charge in [0.1, 0.15) is 5.75 Å². The zero-order valence-corrected chi connectivity index (χ0v) is 15.6. The van der Waals surface area contributed by atoms with Crippen molar-refractivity contribution in [3.8, 4) is 5.75 Å². The lowest BCUT2D eigenvalue weighted by Crippen LogP contribution is -2.46. The Morgan fingerprint density at radius 3 is 2.70 bits per heavy atom. The lowest BCUT2D eigenvalue weighted by atomic mass is 9.90. The fourth-order valence-electron chi connectivity index (χ4n) is 3.75. The Labute approximate surface area is 159 Å². The Bertz CT molecular complexity index is 754. The summed E-state index contributed by atoms with van der Waals surface area (Å²) in [6, 6.07) is 3.62. The molecule has 0 spiro atoms. The number of nitrogen functional groups attached to an aromatic ring is 1. The van der Waals surface area contributed by atoms with Crippen LogP contribution in [-0.4, -0.2) is 23.7 Å². The number of carbonyl (C=O) groups excluding carboxylic acids is 2. The van der Waals surface area contributed by atoms with Crippen LogP contribution in [0.25, 0.3) is 0 Å². The average molecular weight is 373 g/mol. The van der Waals surface area contributed by atoms with Gasteiger partial charge in [0.15, 0.2) is 0 Å². The highest BCUT2D eigenvalue weighted by Gasteiger charge is 2.33. The predicted octanol–water partition coefficient (Wildman–Crippen LogP) is 3.12. The first-order chi connectivity index (χ1) is 13.0. The van der Waals surface area contributed by atoms with Crippen molar-refractivity contribution in [3.05, 3.63) is 35.0 Å². The first-order valence-corrected chi connectivity index (χ1v) is 9.55. The number of allylic oxidation sites excluding steroid dienone is 1. The summed E-state index contributed by atoms with van der Waals surface area (Å²) in [7, 11) is 0. The number of nitrogens with one attached hydrogen (secondary N) is 2. The number of hydrogen-bond donors (Lipinski definition) is 4. The Morgan fingerprint density at radius 1 is 1.30 bits per heavy atom. The Morgan fingerprint density at radius 2 is 2.04 bits per heavy atom. The smallest absolute Gasteiger partial charge is 0.338 e. The number of hydrogen-bond acceptors (Lipinski definition) is 5. The minimum absolute atomic E-state index is 0.0896. The third-order valence-electron chi connectivity index (χ3n) is 5.29. The van der Waals surface area contributed by atoms with E-state index >= 15 is 0 Å². The van der Waals surface area contributed by atoms with Crippen LogP contribution in [0.1, 0.15) is 57.1 Å². The Hall–Kier alpha value is -2.70. The largest absolute Gasteiger partial charge is 0.506 e. The molecule has 3 rings (SSSR count). The summed E-state index contributed by atoms with van der Waals surface area (Å²) in [6.07, 6.45) is 6.24. The lowest BCUT2D eigenvalue weighted by Gasteiger charge is -2.30. The summed E-state index contributed by atoms with van der Waals surface area (Å²) >= 11 is 0. The summed E-state index contributed by atoms with van der Waals surface area (Å²) in [6.45, 7) is 2.26. The second-order valence-electron chi connectivity index (χ2n) is 7.20. The number of ether oxygens (including phenoxy) is 1. The molecule has 27 heavy (non-hydrogen) atoms. The molecule has 1 saturated carbocycles. The van der Waals surface area contributed by atoms with Crippen LogP contribution in [0.5, 0.6) is 5.75 Å². The van der Waals surface area contributed by atoms with Crippen LogP contribution in [0.2, 0.25) is 0 Å². The molecule has 0 radical (unpaired) electrons. The fourth-order valence-corrected chi connectivity index (χ4v) is 3.75. The molecule has 1 fully saturated rings. The predicted molar refractivity (Wildman–Crippen MR) is 102 cm³/mol. The van der Waals surface area contributed by atoms with E-state index in [4.69, 9.17) is 10.5 Å². The maximum absolute atomic E-state index is 12.9. The molecule has 1 aliphatic carbocycles. The highest BCUT2D eigenvalue weighted by atomic mass is 16.5. The number of anilines is 1. The quantitative estimate of drug-likeness (QED) is 0.360. The van der Waals surface area contributed by atoms with Crippen LogP contribution in [0.15, 0.2) is 29.5 Å². The zero-order chi connectivity index (χ0) is 19.4. The number of esters is 1. The second-order valence-corrected chi connectivity index (χ2v) is 7.20. The first-order valence-electron chi connectivity index (χ1n) is 9.55. The van der Waals surface area contributed by atoms with E-state index in [2.05, 4.69) is 10.6 Å². The molecule has 1 heterocycles. The number of phenolic OH excluding ortho intramolecular Hbond substituents is 1. The first kappa shape index (κ1) is 19.1. The van der Waals surface area contributed by atoms with Gasteiger partial charge in [-0.05, 0) is 42.9 Å². The van der Waals surface area contributed by atoms with Crippen LogP contribution >= 0.6 is 0 Å². The topological polar surface area (TPSA) is 114 Å². The van der Waals surface area contributed by atoms with Crippen molar-refractivity contribution in [2.45, 2.75) is 51.5 Å². The van der Waals surface area contributed by atoms with Crippen LogP contribution in [0.4, 0.5) is 10.5 Å². The summed E-state index contributed by atoms with van der Waals surface area (Å²) < 4.78 is 5.62. The highest BCUT2D eigenvalue weighted by Crippen LogP contribution is 2.33. The fraction of sp³-hybridized carbons (Fsp3) is 0.500. The van der Waals surface area contributed by atoms with Gasteiger partial charge in [-0.25, -0.2) is 9.59 Å². The van der Waals surface area contributed by atoms with Crippen molar-refractivity contribution in [2.75, 3.05) is 12.3 Å².